The second-order valence-electron chi connectivity index (χ2n) is 6.13. The molecule has 0 radical (unpaired) electrons. The highest BCUT2D eigenvalue weighted by atomic mass is 16.2. The molecule has 0 aliphatic carbocycles. The Hall–Kier alpha value is -1.39. The molecule has 21 heavy (non-hydrogen) atoms. The molecule has 1 aromatic carbocycles. The topological polar surface area (TPSA) is 58.4 Å². The van der Waals surface area contributed by atoms with Gasteiger partial charge in [0, 0.05) is 25.7 Å². The number of nitrogens with zero attached hydrogens (tertiary/aromatic N) is 1. The highest BCUT2D eigenvalue weighted by molar-refractivity contribution is 5.82. The third-order valence-corrected chi connectivity index (χ3v) is 4.43. The normalized spacial score (nSPS) is 22.0. The molecule has 0 saturated carbocycles. The van der Waals surface area contributed by atoms with Crippen LogP contribution in [0.1, 0.15) is 32.3 Å². The number of hydrogen-bond donors (Lipinski definition) is 2. The molecule has 0 aromatic heterocycles. The maximum Gasteiger partial charge on any atom is 0.237 e. The molecule has 0 spiro atoms. The summed E-state index contributed by atoms with van der Waals surface area (Å²) in [5, 5.41) is 3.10. The van der Waals surface area contributed by atoms with Gasteiger partial charge >= 0.3 is 0 Å². The first-order chi connectivity index (χ1) is 10.1. The molecule has 1 heterocycles. The van der Waals surface area contributed by atoms with Gasteiger partial charge < -0.3 is 11.1 Å². The number of likely N-dealkylation sites (tertiary alicyclic amines) is 1. The van der Waals surface area contributed by atoms with E-state index in [1.807, 2.05) is 13.0 Å². The van der Waals surface area contributed by atoms with Crippen LogP contribution >= 0.6 is 0 Å². The third kappa shape index (κ3) is 4.55. The summed E-state index contributed by atoms with van der Waals surface area (Å²) in [5.74, 6) is 0.225. The van der Waals surface area contributed by atoms with E-state index >= 15 is 0 Å². The van der Waals surface area contributed by atoms with Crippen molar-refractivity contribution in [3.63, 3.8) is 0 Å². The van der Waals surface area contributed by atoms with E-state index in [9.17, 15) is 4.79 Å². The quantitative estimate of drug-likeness (QED) is 0.839. The van der Waals surface area contributed by atoms with E-state index < -0.39 is 6.04 Å². The van der Waals surface area contributed by atoms with Gasteiger partial charge in [0.05, 0.1) is 6.04 Å². The van der Waals surface area contributed by atoms with Crippen molar-refractivity contribution in [2.75, 3.05) is 13.1 Å². The Balaban J connectivity index is 1.79. The molecule has 0 bridgehead atoms. The van der Waals surface area contributed by atoms with Crippen LogP contribution in [-0.2, 0) is 11.3 Å². The van der Waals surface area contributed by atoms with Gasteiger partial charge in [-0.05, 0) is 17.9 Å². The van der Waals surface area contributed by atoms with Crippen LogP contribution in [0.15, 0.2) is 30.3 Å². The minimum absolute atomic E-state index is 0.00379. The van der Waals surface area contributed by atoms with E-state index in [1.165, 1.54) is 5.56 Å². The van der Waals surface area contributed by atoms with Gasteiger partial charge in [0.15, 0.2) is 0 Å². The second-order valence-corrected chi connectivity index (χ2v) is 6.13. The smallest absolute Gasteiger partial charge is 0.237 e. The predicted molar refractivity (Wildman–Crippen MR) is 85.7 cm³/mol. The number of hydrogen-bond acceptors (Lipinski definition) is 3. The summed E-state index contributed by atoms with van der Waals surface area (Å²) in [6, 6.07) is 10.3. The minimum atomic E-state index is -0.391. The summed E-state index contributed by atoms with van der Waals surface area (Å²) < 4.78 is 0. The molecule has 4 nitrogen and oxygen atoms in total. The fourth-order valence-corrected chi connectivity index (χ4v) is 2.75. The van der Waals surface area contributed by atoms with Gasteiger partial charge in [-0.3, -0.25) is 9.69 Å². The molecule has 1 aliphatic heterocycles. The van der Waals surface area contributed by atoms with Gasteiger partial charge in [0.1, 0.15) is 0 Å². The number of nitrogens with one attached hydrogen (secondary N) is 1. The molecule has 2 rings (SSSR count). The molecule has 116 valence electrons. The first-order valence-electron chi connectivity index (χ1n) is 7.92. The summed E-state index contributed by atoms with van der Waals surface area (Å²) in [6.45, 7) is 6.98. The second kappa shape index (κ2) is 7.57. The highest BCUT2D eigenvalue weighted by Gasteiger charge is 2.27. The molecule has 3 atom stereocenters. The predicted octanol–water partition coefficient (Wildman–Crippen LogP) is 1.75. The average molecular weight is 289 g/mol. The zero-order valence-electron chi connectivity index (χ0n) is 13.1. The van der Waals surface area contributed by atoms with E-state index in [0.717, 1.165) is 32.5 Å². The third-order valence-electron chi connectivity index (χ3n) is 4.43. The lowest BCUT2D eigenvalue weighted by atomic mass is 9.99. The number of benzene rings is 1. The Morgan fingerprint density at radius 3 is 2.81 bits per heavy atom. The highest BCUT2D eigenvalue weighted by Crippen LogP contribution is 2.14. The number of rotatable bonds is 6. The molecular weight excluding hydrogens is 262 g/mol. The zero-order valence-corrected chi connectivity index (χ0v) is 13.1. The van der Waals surface area contributed by atoms with Crippen molar-refractivity contribution in [2.24, 2.45) is 11.7 Å². The van der Waals surface area contributed by atoms with Gasteiger partial charge in [-0.1, -0.05) is 50.6 Å². The van der Waals surface area contributed by atoms with E-state index in [1.54, 1.807) is 0 Å². The number of nitrogens with two attached hydrogens (primary N) is 1. The van der Waals surface area contributed by atoms with Gasteiger partial charge in [0.25, 0.3) is 0 Å². The molecule has 1 fully saturated rings. The van der Waals surface area contributed by atoms with Crippen LogP contribution in [0.25, 0.3) is 0 Å². The largest absolute Gasteiger partial charge is 0.351 e. The zero-order chi connectivity index (χ0) is 15.2. The van der Waals surface area contributed by atoms with Crippen molar-refractivity contribution >= 4 is 5.91 Å². The van der Waals surface area contributed by atoms with Gasteiger partial charge in [-0.15, -0.1) is 0 Å². The summed E-state index contributed by atoms with van der Waals surface area (Å²) in [5.41, 5.74) is 7.30. The summed E-state index contributed by atoms with van der Waals surface area (Å²) in [7, 11) is 0. The average Bonchev–Trinajstić information content (AvgIpc) is 2.93. The Labute approximate surface area is 127 Å². The maximum atomic E-state index is 12.1. The standard InChI is InChI=1S/C17H27N3O/c1-3-13(2)16(18)17(21)19-15-9-10-20(12-15)11-14-7-5-4-6-8-14/h4-8,13,15-16H,3,9-12,18H2,1-2H3,(H,19,21)/t13?,15?,16-/m0/s1. The van der Waals surface area contributed by atoms with Crippen LogP contribution in [-0.4, -0.2) is 36.0 Å². The lowest BCUT2D eigenvalue weighted by molar-refractivity contribution is -0.124. The number of carbonyl (C=O) groups is 1. The van der Waals surface area contributed by atoms with Crippen molar-refractivity contribution in [1.82, 2.24) is 10.2 Å². The van der Waals surface area contributed by atoms with Crippen LogP contribution in [0.3, 0.4) is 0 Å². The van der Waals surface area contributed by atoms with Crippen molar-refractivity contribution in [1.29, 1.82) is 0 Å². The van der Waals surface area contributed by atoms with Crippen LogP contribution < -0.4 is 11.1 Å². The molecule has 1 amide bonds. The number of carbonyl (C=O) groups excluding carboxylic acids is 1. The minimum Gasteiger partial charge on any atom is -0.351 e. The van der Waals surface area contributed by atoms with E-state index in [0.29, 0.717) is 0 Å². The van der Waals surface area contributed by atoms with Gasteiger partial charge in [-0.25, -0.2) is 0 Å². The summed E-state index contributed by atoms with van der Waals surface area (Å²) >= 11 is 0. The SMILES string of the molecule is CCC(C)[C@H](N)C(=O)NC1CCN(Cc2ccccc2)C1. The Kier molecular flexibility index (Phi) is 5.76. The Morgan fingerprint density at radius 2 is 2.14 bits per heavy atom. The molecule has 1 aliphatic rings. The van der Waals surface area contributed by atoms with E-state index in [4.69, 9.17) is 5.73 Å². The van der Waals surface area contributed by atoms with E-state index in [-0.39, 0.29) is 17.9 Å². The van der Waals surface area contributed by atoms with E-state index in [2.05, 4.69) is 41.4 Å². The van der Waals surface area contributed by atoms with Crippen LogP contribution in [0, 0.1) is 5.92 Å². The fourth-order valence-electron chi connectivity index (χ4n) is 2.75. The monoisotopic (exact) mass is 289 g/mol. The van der Waals surface area contributed by atoms with Crippen LogP contribution in [0.4, 0.5) is 0 Å². The first-order valence-corrected chi connectivity index (χ1v) is 7.92. The Morgan fingerprint density at radius 1 is 1.43 bits per heavy atom. The molecule has 3 N–H and O–H groups in total. The van der Waals surface area contributed by atoms with Crippen molar-refractivity contribution in [2.45, 2.75) is 45.3 Å². The lowest BCUT2D eigenvalue weighted by Crippen LogP contribution is -2.48. The first kappa shape index (κ1) is 16.0. The molecule has 4 heteroatoms. The lowest BCUT2D eigenvalue weighted by Gasteiger charge is -2.21. The van der Waals surface area contributed by atoms with Crippen LogP contribution in [0.5, 0.6) is 0 Å². The van der Waals surface area contributed by atoms with Gasteiger partial charge in [-0.2, -0.15) is 0 Å². The van der Waals surface area contributed by atoms with Gasteiger partial charge in [0.2, 0.25) is 5.91 Å². The number of amides is 1. The van der Waals surface area contributed by atoms with Crippen molar-refractivity contribution < 1.29 is 4.79 Å². The molecular formula is C17H27N3O. The van der Waals surface area contributed by atoms with Crippen LogP contribution in [0.2, 0.25) is 0 Å². The molecule has 1 saturated heterocycles. The maximum absolute atomic E-state index is 12.1. The summed E-state index contributed by atoms with van der Waals surface area (Å²) in [6.07, 6.45) is 1.94. The molecule has 2 unspecified atom stereocenters. The fraction of sp³-hybridized carbons (Fsp3) is 0.588. The Bertz CT molecular complexity index is 449. The van der Waals surface area contributed by atoms with Crippen molar-refractivity contribution in [3.05, 3.63) is 35.9 Å². The van der Waals surface area contributed by atoms with Crippen molar-refractivity contribution in [3.8, 4) is 0 Å². The summed E-state index contributed by atoms with van der Waals surface area (Å²) in [4.78, 5) is 14.5. The molecule has 1 aromatic rings.